The minimum absolute atomic E-state index is 0.0164. The molecule has 45 heavy (non-hydrogen) atoms. The maximum atomic E-state index is 13.2. The molecule has 2 aromatic rings. The number of hydrogen-bond acceptors (Lipinski definition) is 7. The average molecular weight is 647 g/mol. The molecule has 11 nitrogen and oxygen atoms in total. The lowest BCUT2D eigenvalue weighted by atomic mass is 10.0. The number of hydrogen-bond donors (Lipinski definition) is 4. The number of rotatable bonds is 18. The van der Waals surface area contributed by atoms with Crippen LogP contribution in [0.5, 0.6) is 0 Å². The van der Waals surface area contributed by atoms with Crippen LogP contribution in [0.3, 0.4) is 0 Å². The molecule has 0 aliphatic rings. The lowest BCUT2D eigenvalue weighted by Gasteiger charge is -2.27. The summed E-state index contributed by atoms with van der Waals surface area (Å²) in [7, 11) is -2.31. The molecule has 4 amide bonds. The van der Waals surface area contributed by atoms with Gasteiger partial charge in [-0.1, -0.05) is 62.3 Å². The molecule has 0 aliphatic heterocycles. The first-order valence-electron chi connectivity index (χ1n) is 16.7. The van der Waals surface area contributed by atoms with Crippen molar-refractivity contribution in [2.75, 3.05) is 21.3 Å². The first kappa shape index (κ1) is 37.6. The van der Waals surface area contributed by atoms with Gasteiger partial charge in [-0.3, -0.25) is 35.7 Å². The molecule has 2 aromatic heterocycles. The van der Waals surface area contributed by atoms with E-state index in [9.17, 15) is 19.2 Å². The second kappa shape index (κ2) is 17.8. The van der Waals surface area contributed by atoms with Gasteiger partial charge >= 0.3 is 6.09 Å². The fourth-order valence-corrected chi connectivity index (χ4v) is 7.79. The van der Waals surface area contributed by atoms with Crippen molar-refractivity contribution in [1.82, 2.24) is 0 Å². The molecule has 0 spiro atoms. The van der Waals surface area contributed by atoms with Gasteiger partial charge in [-0.25, -0.2) is 4.79 Å². The number of amides is 4. The number of furan rings is 2. The van der Waals surface area contributed by atoms with Gasteiger partial charge in [0.2, 0.25) is 41.3 Å². The first-order chi connectivity index (χ1) is 21.5. The Hall–Kier alpha value is -3.54. The van der Waals surface area contributed by atoms with Crippen LogP contribution in [0, 0.1) is 17.8 Å². The van der Waals surface area contributed by atoms with Crippen LogP contribution in [0.25, 0.3) is 11.1 Å². The van der Waals surface area contributed by atoms with E-state index in [1.54, 1.807) is 12.1 Å². The van der Waals surface area contributed by atoms with Gasteiger partial charge in [-0.2, -0.15) is 0 Å². The Labute approximate surface area is 269 Å². The molecule has 2 heterocycles. The zero-order valence-electron chi connectivity index (χ0n) is 28.6. The fraction of sp³-hybridized carbons (Fsp3) is 0.636. The predicted octanol–water partition coefficient (Wildman–Crippen LogP) is 9.22. The van der Waals surface area contributed by atoms with E-state index in [0.717, 1.165) is 18.1 Å². The Kier molecular flexibility index (Phi) is 14.9. The maximum absolute atomic E-state index is 13.2. The molecule has 0 saturated carbocycles. The lowest BCUT2D eigenvalue weighted by Crippen LogP contribution is -2.39. The Morgan fingerprint density at radius 2 is 0.911 bits per heavy atom. The lowest BCUT2D eigenvalue weighted by molar-refractivity contribution is -0.121. The largest absolute Gasteiger partial charge is 0.503 e. The van der Waals surface area contributed by atoms with Gasteiger partial charge < -0.3 is 13.3 Å². The molecular weight excluding hydrogens is 592 g/mol. The van der Waals surface area contributed by atoms with E-state index in [4.69, 9.17) is 13.3 Å². The summed E-state index contributed by atoms with van der Waals surface area (Å²) in [5.74, 6) is -0.997. The highest BCUT2D eigenvalue weighted by Crippen LogP contribution is 2.42. The molecule has 0 saturated heterocycles. The Bertz CT molecular complexity index is 1260. The van der Waals surface area contributed by atoms with Gasteiger partial charge in [0, 0.05) is 29.9 Å². The first-order valence-corrected chi connectivity index (χ1v) is 19.2. The molecule has 0 unspecified atom stereocenters. The highest BCUT2D eigenvalue weighted by Gasteiger charge is 2.34. The third kappa shape index (κ3) is 9.72. The van der Waals surface area contributed by atoms with Crippen LogP contribution in [0.1, 0.15) is 101 Å². The molecule has 0 aliphatic carbocycles. The van der Waals surface area contributed by atoms with Crippen molar-refractivity contribution in [1.29, 1.82) is 0 Å². The molecule has 0 aromatic carbocycles. The molecular formula is C33H54N4O7Si. The van der Waals surface area contributed by atoms with Gasteiger partial charge in [0.25, 0.3) is 8.32 Å². The van der Waals surface area contributed by atoms with Gasteiger partial charge in [-0.05, 0) is 56.7 Å². The van der Waals surface area contributed by atoms with E-state index in [1.807, 2.05) is 62.3 Å². The van der Waals surface area contributed by atoms with Crippen LogP contribution in [0.2, 0.25) is 18.1 Å². The molecule has 0 bridgehead atoms. The minimum atomic E-state index is -2.31. The minimum Gasteiger partial charge on any atom is -0.503 e. The summed E-state index contributed by atoms with van der Waals surface area (Å²) in [5, 5.41) is 11.3. The Morgan fingerprint density at radius 1 is 0.578 bits per heavy atom. The second-order valence-electron chi connectivity index (χ2n) is 11.5. The van der Waals surface area contributed by atoms with Crippen LogP contribution in [0.4, 0.5) is 28.3 Å². The summed E-state index contributed by atoms with van der Waals surface area (Å²) >= 11 is 0. The van der Waals surface area contributed by atoms with Crippen molar-refractivity contribution >= 4 is 55.7 Å². The smallest absolute Gasteiger partial charge is 0.400 e. The van der Waals surface area contributed by atoms with E-state index < -0.39 is 14.4 Å². The van der Waals surface area contributed by atoms with Crippen molar-refractivity contribution in [3.05, 3.63) is 12.1 Å². The van der Waals surface area contributed by atoms with Crippen LogP contribution in [0.15, 0.2) is 21.0 Å². The SMILES string of the molecule is CCC(CC)C(=O)Nc1cc(-c2cc(NC(=O)C(CC)CC)oc2NC(=O)C(CC)CC)c(NC(=O)O[Si](CC)(CC)CC)o1. The molecule has 252 valence electrons. The molecule has 2 rings (SSSR count). The fourth-order valence-electron chi connectivity index (χ4n) is 5.41. The number of anilines is 4. The summed E-state index contributed by atoms with van der Waals surface area (Å²) in [6, 6.07) is 5.46. The van der Waals surface area contributed by atoms with Crippen molar-refractivity contribution < 1.29 is 32.4 Å². The number of nitrogens with one attached hydrogen (secondary N) is 4. The third-order valence-corrected chi connectivity index (χ3v) is 13.5. The van der Waals surface area contributed by atoms with Crippen molar-refractivity contribution in [3.63, 3.8) is 0 Å². The van der Waals surface area contributed by atoms with Gasteiger partial charge in [0.15, 0.2) is 0 Å². The topological polar surface area (TPSA) is 152 Å². The monoisotopic (exact) mass is 646 g/mol. The van der Waals surface area contributed by atoms with E-state index >= 15 is 0 Å². The van der Waals surface area contributed by atoms with E-state index in [-0.39, 0.29) is 59.0 Å². The third-order valence-electron chi connectivity index (χ3n) is 9.01. The molecule has 0 fully saturated rings. The molecule has 4 N–H and O–H groups in total. The summed E-state index contributed by atoms with van der Waals surface area (Å²) < 4.78 is 18.0. The zero-order valence-corrected chi connectivity index (χ0v) is 29.6. The predicted molar refractivity (Wildman–Crippen MR) is 182 cm³/mol. The number of carbonyl (C=O) groups is 4. The van der Waals surface area contributed by atoms with E-state index in [0.29, 0.717) is 49.7 Å². The number of carbonyl (C=O) groups excluding carboxylic acids is 4. The Balaban J connectivity index is 2.66. The van der Waals surface area contributed by atoms with E-state index in [2.05, 4.69) is 21.3 Å². The molecule has 0 radical (unpaired) electrons. The van der Waals surface area contributed by atoms with Crippen LogP contribution in [-0.2, 0) is 18.8 Å². The standard InChI is InChI=1S/C33H54N4O7Si/c1-10-21(11-2)28(38)34-26-19-24(31(42-26)36-30(40)23(14-5)15-6)25-20-27(35-29(39)22(12-3)13-4)43-32(25)37-33(41)44-45(16-7,17-8)18-9/h19-23H,10-18H2,1-9H3,(H,34,38)(H,35,39)(H,36,40)(H,37,41). The summed E-state index contributed by atoms with van der Waals surface area (Å²) in [6.45, 7) is 17.7. The van der Waals surface area contributed by atoms with Gasteiger partial charge in [-0.15, -0.1) is 0 Å². The molecule has 12 heteroatoms. The van der Waals surface area contributed by atoms with Crippen molar-refractivity contribution in [2.24, 2.45) is 17.8 Å². The van der Waals surface area contributed by atoms with Crippen LogP contribution in [-0.4, -0.2) is 32.1 Å². The molecule has 0 atom stereocenters. The van der Waals surface area contributed by atoms with Gasteiger partial charge in [0.05, 0.1) is 11.1 Å². The van der Waals surface area contributed by atoms with E-state index in [1.165, 1.54) is 0 Å². The second-order valence-corrected chi connectivity index (χ2v) is 16.2. The van der Waals surface area contributed by atoms with Crippen molar-refractivity contribution in [3.8, 4) is 11.1 Å². The average Bonchev–Trinajstić information content (AvgIpc) is 3.60. The summed E-state index contributed by atoms with van der Waals surface area (Å²) in [5.41, 5.74) is 0.705. The van der Waals surface area contributed by atoms with Gasteiger partial charge in [0.1, 0.15) is 0 Å². The highest BCUT2D eigenvalue weighted by molar-refractivity contribution is 6.75. The Morgan fingerprint density at radius 3 is 1.24 bits per heavy atom. The highest BCUT2D eigenvalue weighted by atomic mass is 28.4. The van der Waals surface area contributed by atoms with Crippen molar-refractivity contribution in [2.45, 2.75) is 119 Å². The van der Waals surface area contributed by atoms with Crippen LogP contribution >= 0.6 is 0 Å². The maximum Gasteiger partial charge on any atom is 0.400 e. The zero-order chi connectivity index (χ0) is 33.7. The van der Waals surface area contributed by atoms with Crippen LogP contribution < -0.4 is 21.3 Å². The summed E-state index contributed by atoms with van der Waals surface area (Å²) in [6.07, 6.45) is 3.22. The quantitative estimate of drug-likeness (QED) is 0.118. The normalized spacial score (nSPS) is 11.6. The summed E-state index contributed by atoms with van der Waals surface area (Å²) in [4.78, 5) is 52.3.